The maximum Gasteiger partial charge on any atom is 0.157 e. The third-order valence-electron chi connectivity index (χ3n) is 2.44. The number of carbonyl (C=O) groups excluding carboxylic acids is 1. The van der Waals surface area contributed by atoms with Gasteiger partial charge in [0.2, 0.25) is 0 Å². The first-order valence-electron chi connectivity index (χ1n) is 5.47. The minimum absolute atomic E-state index is 0.106. The second-order valence-electron chi connectivity index (χ2n) is 3.80. The quantitative estimate of drug-likeness (QED) is 0.481. The van der Waals surface area contributed by atoms with Gasteiger partial charge >= 0.3 is 0 Å². The first-order valence-corrected chi connectivity index (χ1v) is 5.47. The Morgan fingerprint density at radius 3 is 2.36 bits per heavy atom. The molecule has 0 spiro atoms. The Balaban J connectivity index is 3.49. The lowest BCUT2D eigenvalue weighted by atomic mass is 10.0. The number of hydrogen-bond acceptors (Lipinski definition) is 2. The van der Waals surface area contributed by atoms with Crippen LogP contribution < -0.4 is 0 Å². The molecule has 0 fully saturated rings. The number of unbranched alkanes of at least 4 members (excludes halogenated alkanes) is 4. The third-order valence-corrected chi connectivity index (χ3v) is 2.44. The van der Waals surface area contributed by atoms with E-state index in [4.69, 9.17) is 0 Å². The lowest BCUT2D eigenvalue weighted by Crippen LogP contribution is -2.14. The topological polar surface area (TPSA) is 37.3 Å². The van der Waals surface area contributed by atoms with E-state index < -0.39 is 6.10 Å². The SMILES string of the molecule is C=C(C(C)=O)C(O)CCCCCCC. The first-order chi connectivity index (χ1) is 6.59. The average Bonchev–Trinajstić information content (AvgIpc) is 2.16. The van der Waals surface area contributed by atoms with E-state index in [1.807, 2.05) is 0 Å². The van der Waals surface area contributed by atoms with Crippen molar-refractivity contribution >= 4 is 5.78 Å². The molecule has 0 aromatic carbocycles. The van der Waals surface area contributed by atoms with Crippen LogP contribution in [0.5, 0.6) is 0 Å². The maximum absolute atomic E-state index is 10.9. The molecule has 0 aromatic rings. The molecule has 0 heterocycles. The Kier molecular flexibility index (Phi) is 7.40. The highest BCUT2D eigenvalue weighted by Crippen LogP contribution is 2.11. The Morgan fingerprint density at radius 1 is 1.29 bits per heavy atom. The van der Waals surface area contributed by atoms with Gasteiger partial charge in [0, 0.05) is 5.57 Å². The van der Waals surface area contributed by atoms with Crippen molar-refractivity contribution < 1.29 is 9.90 Å². The second kappa shape index (κ2) is 7.74. The number of aliphatic hydroxyl groups excluding tert-OH is 1. The largest absolute Gasteiger partial charge is 0.388 e. The number of Topliss-reactive ketones (excluding diaryl/α,β-unsaturated/α-hetero) is 1. The van der Waals surface area contributed by atoms with E-state index in [9.17, 15) is 9.90 Å². The molecule has 0 radical (unpaired) electrons. The second-order valence-corrected chi connectivity index (χ2v) is 3.80. The van der Waals surface area contributed by atoms with Gasteiger partial charge in [0.1, 0.15) is 0 Å². The molecule has 0 amide bonds. The molecule has 1 atom stereocenters. The number of ketones is 1. The molecule has 82 valence electrons. The standard InChI is InChI=1S/C12H22O2/c1-4-5-6-7-8-9-12(14)10(2)11(3)13/h12,14H,2,4-9H2,1,3H3. The highest BCUT2D eigenvalue weighted by atomic mass is 16.3. The van der Waals surface area contributed by atoms with Crippen LogP contribution in [0.25, 0.3) is 0 Å². The molecule has 0 saturated carbocycles. The van der Waals surface area contributed by atoms with E-state index in [1.54, 1.807) is 0 Å². The van der Waals surface area contributed by atoms with Crippen LogP contribution in [-0.4, -0.2) is 17.0 Å². The lowest BCUT2D eigenvalue weighted by molar-refractivity contribution is -0.114. The van der Waals surface area contributed by atoms with E-state index >= 15 is 0 Å². The summed E-state index contributed by atoms with van der Waals surface area (Å²) >= 11 is 0. The van der Waals surface area contributed by atoms with Crippen LogP contribution in [0, 0.1) is 0 Å². The van der Waals surface area contributed by atoms with Crippen LogP contribution >= 0.6 is 0 Å². The van der Waals surface area contributed by atoms with Crippen LogP contribution in [-0.2, 0) is 4.79 Å². The van der Waals surface area contributed by atoms with Crippen molar-refractivity contribution in [3.05, 3.63) is 12.2 Å². The predicted molar refractivity (Wildman–Crippen MR) is 59.2 cm³/mol. The molecular weight excluding hydrogens is 176 g/mol. The summed E-state index contributed by atoms with van der Waals surface area (Å²) < 4.78 is 0. The molecule has 1 unspecified atom stereocenters. The fraction of sp³-hybridized carbons (Fsp3) is 0.750. The molecule has 0 saturated heterocycles. The van der Waals surface area contributed by atoms with Gasteiger partial charge in [0.25, 0.3) is 0 Å². The Bertz CT molecular complexity index is 185. The monoisotopic (exact) mass is 198 g/mol. The summed E-state index contributed by atoms with van der Waals surface area (Å²) in [6.45, 7) is 7.19. The van der Waals surface area contributed by atoms with Crippen LogP contribution in [0.1, 0.15) is 52.4 Å². The number of aliphatic hydroxyl groups is 1. The molecule has 0 aliphatic rings. The van der Waals surface area contributed by atoms with E-state index in [0.29, 0.717) is 12.0 Å². The Morgan fingerprint density at radius 2 is 1.86 bits per heavy atom. The van der Waals surface area contributed by atoms with Crippen molar-refractivity contribution in [2.75, 3.05) is 0 Å². The number of carbonyl (C=O) groups is 1. The summed E-state index contributed by atoms with van der Waals surface area (Å²) in [6.07, 6.45) is 5.85. The Labute approximate surface area is 87.0 Å². The van der Waals surface area contributed by atoms with Gasteiger partial charge < -0.3 is 5.11 Å². The van der Waals surface area contributed by atoms with Gasteiger partial charge in [0.15, 0.2) is 5.78 Å². The fourth-order valence-electron chi connectivity index (χ4n) is 1.35. The fourth-order valence-corrected chi connectivity index (χ4v) is 1.35. The molecule has 2 heteroatoms. The summed E-state index contributed by atoms with van der Waals surface area (Å²) in [7, 11) is 0. The molecule has 0 aliphatic heterocycles. The minimum Gasteiger partial charge on any atom is -0.388 e. The van der Waals surface area contributed by atoms with Crippen molar-refractivity contribution in [1.29, 1.82) is 0 Å². The van der Waals surface area contributed by atoms with E-state index in [1.165, 1.54) is 26.2 Å². The van der Waals surface area contributed by atoms with E-state index in [0.717, 1.165) is 12.8 Å². The normalized spacial score (nSPS) is 12.5. The van der Waals surface area contributed by atoms with Crippen molar-refractivity contribution in [2.45, 2.75) is 58.5 Å². The molecular formula is C12H22O2. The van der Waals surface area contributed by atoms with Crippen LogP contribution in [0.15, 0.2) is 12.2 Å². The Hall–Kier alpha value is -0.630. The molecule has 1 N–H and O–H groups in total. The summed E-state index contributed by atoms with van der Waals surface area (Å²) in [5, 5.41) is 9.52. The van der Waals surface area contributed by atoms with E-state index in [-0.39, 0.29) is 5.78 Å². The van der Waals surface area contributed by atoms with Crippen molar-refractivity contribution in [3.63, 3.8) is 0 Å². The van der Waals surface area contributed by atoms with Gasteiger partial charge in [-0.1, -0.05) is 45.6 Å². The first kappa shape index (κ1) is 13.4. The lowest BCUT2D eigenvalue weighted by Gasteiger charge is -2.10. The molecule has 0 aromatic heterocycles. The van der Waals surface area contributed by atoms with Crippen LogP contribution in [0.3, 0.4) is 0 Å². The van der Waals surface area contributed by atoms with E-state index in [2.05, 4.69) is 13.5 Å². The van der Waals surface area contributed by atoms with Gasteiger partial charge in [-0.2, -0.15) is 0 Å². The predicted octanol–water partition coefficient (Wildman–Crippen LogP) is 2.85. The molecule has 0 aliphatic carbocycles. The smallest absolute Gasteiger partial charge is 0.157 e. The number of rotatable bonds is 8. The maximum atomic E-state index is 10.9. The molecule has 2 nitrogen and oxygen atoms in total. The molecule has 0 bridgehead atoms. The van der Waals surface area contributed by atoms with Crippen LogP contribution in [0.2, 0.25) is 0 Å². The van der Waals surface area contributed by atoms with Gasteiger partial charge in [-0.05, 0) is 13.3 Å². The van der Waals surface area contributed by atoms with Gasteiger partial charge in [-0.3, -0.25) is 4.79 Å². The van der Waals surface area contributed by atoms with Crippen molar-refractivity contribution in [3.8, 4) is 0 Å². The van der Waals surface area contributed by atoms with Gasteiger partial charge in [-0.25, -0.2) is 0 Å². The zero-order valence-corrected chi connectivity index (χ0v) is 9.38. The average molecular weight is 198 g/mol. The summed E-state index contributed by atoms with van der Waals surface area (Å²) in [4.78, 5) is 10.9. The number of hydrogen-bond donors (Lipinski definition) is 1. The van der Waals surface area contributed by atoms with Crippen molar-refractivity contribution in [1.82, 2.24) is 0 Å². The van der Waals surface area contributed by atoms with Gasteiger partial charge in [-0.15, -0.1) is 0 Å². The van der Waals surface area contributed by atoms with Crippen molar-refractivity contribution in [2.24, 2.45) is 0 Å². The minimum atomic E-state index is -0.630. The molecule has 14 heavy (non-hydrogen) atoms. The summed E-state index contributed by atoms with van der Waals surface area (Å²) in [5.41, 5.74) is 0.348. The van der Waals surface area contributed by atoms with Crippen LogP contribution in [0.4, 0.5) is 0 Å². The third kappa shape index (κ3) is 5.92. The van der Waals surface area contributed by atoms with Gasteiger partial charge in [0.05, 0.1) is 6.10 Å². The highest BCUT2D eigenvalue weighted by molar-refractivity contribution is 5.93. The zero-order valence-electron chi connectivity index (χ0n) is 9.38. The summed E-state index contributed by atoms with van der Waals surface area (Å²) in [5.74, 6) is -0.106. The highest BCUT2D eigenvalue weighted by Gasteiger charge is 2.11. The zero-order chi connectivity index (χ0) is 11.0. The molecule has 0 rings (SSSR count). The summed E-state index contributed by atoms with van der Waals surface area (Å²) in [6, 6.07) is 0.